The van der Waals surface area contributed by atoms with E-state index < -0.39 is 0 Å². The van der Waals surface area contributed by atoms with Crippen molar-refractivity contribution in [2.45, 2.75) is 33.2 Å². The van der Waals surface area contributed by atoms with Crippen LogP contribution in [-0.2, 0) is 6.54 Å². The van der Waals surface area contributed by atoms with Crippen LogP contribution in [0.1, 0.15) is 26.7 Å². The number of nitrogens with zero attached hydrogens (tertiary/aromatic N) is 2. The van der Waals surface area contributed by atoms with Gasteiger partial charge < -0.3 is 15.0 Å². The van der Waals surface area contributed by atoms with Gasteiger partial charge in [-0.05, 0) is 18.8 Å². The highest BCUT2D eigenvalue weighted by molar-refractivity contribution is 5.31. The first-order valence-corrected chi connectivity index (χ1v) is 6.46. The smallest absolute Gasteiger partial charge is 0.293 e. The Balaban J connectivity index is 2.06. The number of anilines is 1. The molecule has 0 unspecified atom stereocenters. The summed E-state index contributed by atoms with van der Waals surface area (Å²) in [7, 11) is 0. The molecule has 1 fully saturated rings. The lowest BCUT2D eigenvalue weighted by Gasteiger charge is -2.14. The summed E-state index contributed by atoms with van der Waals surface area (Å²) in [6, 6.07) is 0. The van der Waals surface area contributed by atoms with Crippen LogP contribution < -0.4 is 10.9 Å². The van der Waals surface area contributed by atoms with Crippen molar-refractivity contribution in [1.82, 2.24) is 9.55 Å². The standard InChI is InChI=1S/C13H21N3O2/c1-10(2)7-16-6-5-14-11(12(16)18)15-8-13(9-17)3-4-13/h5-6,10,17H,3-4,7-9H2,1-2H3,(H,14,15). The second-order valence-corrected chi connectivity index (χ2v) is 5.64. The van der Waals surface area contributed by atoms with Crippen LogP contribution in [0.4, 0.5) is 5.82 Å². The number of rotatable bonds is 6. The zero-order valence-electron chi connectivity index (χ0n) is 11.0. The third kappa shape index (κ3) is 2.90. The van der Waals surface area contributed by atoms with Gasteiger partial charge in [0.05, 0.1) is 6.61 Å². The average Bonchev–Trinajstić information content (AvgIpc) is 3.10. The number of aliphatic hydroxyl groups excluding tert-OH is 1. The molecule has 0 radical (unpaired) electrons. The van der Waals surface area contributed by atoms with Gasteiger partial charge in [0, 0.05) is 30.9 Å². The van der Waals surface area contributed by atoms with Crippen LogP contribution in [0.5, 0.6) is 0 Å². The minimum absolute atomic E-state index is 0.0210. The summed E-state index contributed by atoms with van der Waals surface area (Å²) in [5.74, 6) is 0.808. The largest absolute Gasteiger partial charge is 0.396 e. The highest BCUT2D eigenvalue weighted by Gasteiger charge is 2.41. The normalized spacial score (nSPS) is 16.9. The van der Waals surface area contributed by atoms with Crippen molar-refractivity contribution in [3.63, 3.8) is 0 Å². The van der Waals surface area contributed by atoms with E-state index >= 15 is 0 Å². The van der Waals surface area contributed by atoms with E-state index in [2.05, 4.69) is 24.1 Å². The van der Waals surface area contributed by atoms with Crippen LogP contribution >= 0.6 is 0 Å². The van der Waals surface area contributed by atoms with Gasteiger partial charge >= 0.3 is 0 Å². The zero-order chi connectivity index (χ0) is 13.2. The molecule has 2 rings (SSSR count). The number of aliphatic hydroxyl groups is 1. The second-order valence-electron chi connectivity index (χ2n) is 5.64. The summed E-state index contributed by atoms with van der Waals surface area (Å²) in [4.78, 5) is 16.2. The van der Waals surface area contributed by atoms with E-state index in [9.17, 15) is 9.90 Å². The van der Waals surface area contributed by atoms with E-state index in [1.165, 1.54) is 0 Å². The molecule has 1 aliphatic carbocycles. The van der Waals surface area contributed by atoms with Crippen molar-refractivity contribution in [3.05, 3.63) is 22.7 Å². The molecule has 5 heteroatoms. The summed E-state index contributed by atoms with van der Waals surface area (Å²) in [5, 5.41) is 12.3. The van der Waals surface area contributed by atoms with Crippen molar-refractivity contribution in [2.75, 3.05) is 18.5 Å². The first-order valence-electron chi connectivity index (χ1n) is 6.46. The molecule has 0 bridgehead atoms. The summed E-state index contributed by atoms with van der Waals surface area (Å²) in [6.45, 7) is 5.64. The van der Waals surface area contributed by atoms with Gasteiger partial charge in [0.2, 0.25) is 0 Å². The van der Waals surface area contributed by atoms with Gasteiger partial charge in [-0.1, -0.05) is 13.8 Å². The third-order valence-electron chi connectivity index (χ3n) is 3.40. The maximum absolute atomic E-state index is 12.1. The molecule has 0 aliphatic heterocycles. The van der Waals surface area contributed by atoms with Crippen molar-refractivity contribution >= 4 is 5.82 Å². The predicted octanol–water partition coefficient (Wildman–Crippen LogP) is 1.08. The molecule has 1 aromatic rings. The highest BCUT2D eigenvalue weighted by Crippen LogP contribution is 2.44. The lowest BCUT2D eigenvalue weighted by Crippen LogP contribution is -2.28. The molecule has 1 aromatic heterocycles. The molecule has 100 valence electrons. The highest BCUT2D eigenvalue weighted by atomic mass is 16.3. The van der Waals surface area contributed by atoms with Gasteiger partial charge in [-0.3, -0.25) is 4.79 Å². The predicted molar refractivity (Wildman–Crippen MR) is 70.6 cm³/mol. The lowest BCUT2D eigenvalue weighted by molar-refractivity contribution is 0.219. The van der Waals surface area contributed by atoms with Crippen molar-refractivity contribution in [2.24, 2.45) is 11.3 Å². The van der Waals surface area contributed by atoms with Crippen LogP contribution in [0.3, 0.4) is 0 Å². The summed E-state index contributed by atoms with van der Waals surface area (Å²) in [5.41, 5.74) is -0.104. The molecule has 2 N–H and O–H groups in total. The molecule has 1 saturated carbocycles. The topological polar surface area (TPSA) is 67.2 Å². The number of aromatic nitrogens is 2. The molecule has 0 saturated heterocycles. The molecule has 0 spiro atoms. The SMILES string of the molecule is CC(C)Cn1ccnc(NCC2(CO)CC2)c1=O. The third-order valence-corrected chi connectivity index (χ3v) is 3.40. The molecular weight excluding hydrogens is 230 g/mol. The van der Waals surface area contributed by atoms with Gasteiger partial charge in [0.25, 0.3) is 5.56 Å². The minimum Gasteiger partial charge on any atom is -0.396 e. The average molecular weight is 251 g/mol. The summed E-state index contributed by atoms with van der Waals surface area (Å²) < 4.78 is 1.68. The molecule has 1 heterocycles. The quantitative estimate of drug-likeness (QED) is 0.794. The molecular formula is C13H21N3O2. The van der Waals surface area contributed by atoms with Crippen molar-refractivity contribution in [1.29, 1.82) is 0 Å². The van der Waals surface area contributed by atoms with Gasteiger partial charge in [-0.25, -0.2) is 4.98 Å². The van der Waals surface area contributed by atoms with Crippen LogP contribution in [0.25, 0.3) is 0 Å². The van der Waals surface area contributed by atoms with E-state index in [-0.39, 0.29) is 17.6 Å². The van der Waals surface area contributed by atoms with E-state index in [1.807, 2.05) is 0 Å². The second kappa shape index (κ2) is 5.10. The van der Waals surface area contributed by atoms with Crippen molar-refractivity contribution in [3.8, 4) is 0 Å². The summed E-state index contributed by atoms with van der Waals surface area (Å²) >= 11 is 0. The van der Waals surface area contributed by atoms with Crippen LogP contribution in [-0.4, -0.2) is 27.8 Å². The van der Waals surface area contributed by atoms with Gasteiger partial charge in [0.1, 0.15) is 0 Å². The zero-order valence-corrected chi connectivity index (χ0v) is 11.0. The fraction of sp³-hybridized carbons (Fsp3) is 0.692. The fourth-order valence-electron chi connectivity index (χ4n) is 1.94. The van der Waals surface area contributed by atoms with Crippen LogP contribution in [0, 0.1) is 11.3 Å². The Morgan fingerprint density at radius 2 is 2.28 bits per heavy atom. The fourth-order valence-corrected chi connectivity index (χ4v) is 1.94. The van der Waals surface area contributed by atoms with Gasteiger partial charge in [0.15, 0.2) is 5.82 Å². The maximum Gasteiger partial charge on any atom is 0.293 e. The molecule has 0 amide bonds. The number of hydrogen-bond donors (Lipinski definition) is 2. The molecule has 5 nitrogen and oxygen atoms in total. The first-order chi connectivity index (χ1) is 8.56. The van der Waals surface area contributed by atoms with E-state index in [0.29, 0.717) is 24.8 Å². The Morgan fingerprint density at radius 3 is 2.83 bits per heavy atom. The molecule has 0 atom stereocenters. The van der Waals surface area contributed by atoms with Crippen LogP contribution in [0.2, 0.25) is 0 Å². The summed E-state index contributed by atoms with van der Waals surface area (Å²) in [6.07, 6.45) is 5.39. The Kier molecular flexibility index (Phi) is 3.71. The van der Waals surface area contributed by atoms with Crippen LogP contribution in [0.15, 0.2) is 17.2 Å². The van der Waals surface area contributed by atoms with Crippen molar-refractivity contribution < 1.29 is 5.11 Å². The molecule has 0 aromatic carbocycles. The Morgan fingerprint density at radius 1 is 1.56 bits per heavy atom. The Bertz CT molecular complexity index is 464. The Hall–Kier alpha value is -1.36. The van der Waals surface area contributed by atoms with Gasteiger partial charge in [-0.2, -0.15) is 0 Å². The molecule has 18 heavy (non-hydrogen) atoms. The maximum atomic E-state index is 12.1. The van der Waals surface area contributed by atoms with E-state index in [4.69, 9.17) is 0 Å². The first kappa shape index (κ1) is 13.1. The number of nitrogens with one attached hydrogen (secondary N) is 1. The minimum atomic E-state index is -0.0834. The lowest BCUT2D eigenvalue weighted by atomic mass is 10.1. The number of hydrogen-bond acceptors (Lipinski definition) is 4. The van der Waals surface area contributed by atoms with E-state index in [1.54, 1.807) is 17.0 Å². The van der Waals surface area contributed by atoms with E-state index in [0.717, 1.165) is 12.8 Å². The Labute approximate surface area is 107 Å². The monoisotopic (exact) mass is 251 g/mol. The van der Waals surface area contributed by atoms with Gasteiger partial charge in [-0.15, -0.1) is 0 Å². The molecule has 1 aliphatic rings.